The van der Waals surface area contributed by atoms with E-state index >= 15 is 0 Å². The SMILES string of the molecule is N#Cc1cc(-c2ccccc2)cc(-c2ccccc2)c1-n1ccc2c3c(ccc21)Oc1ccccc1-c1cc(-c2ccccc2)c(-c2ccccc2)cc1-3. The van der Waals surface area contributed by atoms with Crippen molar-refractivity contribution < 1.29 is 4.74 Å². The van der Waals surface area contributed by atoms with E-state index in [-0.39, 0.29) is 0 Å². The molecule has 1 aliphatic rings. The Kier molecular flexibility index (Phi) is 7.53. The summed E-state index contributed by atoms with van der Waals surface area (Å²) in [6.45, 7) is 0. The van der Waals surface area contributed by atoms with Gasteiger partial charge in [0.2, 0.25) is 0 Å². The van der Waals surface area contributed by atoms with Crippen LogP contribution in [-0.4, -0.2) is 4.57 Å². The maximum absolute atomic E-state index is 10.8. The second-order valence-corrected chi connectivity index (χ2v) is 13.6. The quantitative estimate of drug-likeness (QED) is 0.180. The fourth-order valence-electron chi connectivity index (χ4n) is 8.01. The van der Waals surface area contributed by atoms with E-state index in [0.717, 1.165) is 94.9 Å². The zero-order valence-corrected chi connectivity index (χ0v) is 29.3. The van der Waals surface area contributed by atoms with Crippen molar-refractivity contribution in [1.82, 2.24) is 4.57 Å². The minimum atomic E-state index is 0.602. The lowest BCUT2D eigenvalue weighted by molar-refractivity contribution is 0.488. The van der Waals surface area contributed by atoms with Crippen LogP contribution >= 0.6 is 0 Å². The number of hydrogen-bond donors (Lipinski definition) is 0. The first-order valence-corrected chi connectivity index (χ1v) is 18.1. The summed E-state index contributed by atoms with van der Waals surface area (Å²) in [5, 5.41) is 11.8. The smallest absolute Gasteiger partial charge is 0.136 e. The van der Waals surface area contributed by atoms with Crippen molar-refractivity contribution in [2.75, 3.05) is 0 Å². The fraction of sp³-hybridized carbons (Fsp3) is 0. The summed E-state index contributed by atoms with van der Waals surface area (Å²) in [5.41, 5.74) is 15.4. The molecular formula is C51H32N2O. The van der Waals surface area contributed by atoms with Gasteiger partial charge in [-0.2, -0.15) is 5.26 Å². The lowest BCUT2D eigenvalue weighted by Crippen LogP contribution is -2.01. The third-order valence-corrected chi connectivity index (χ3v) is 10.5. The van der Waals surface area contributed by atoms with Gasteiger partial charge < -0.3 is 9.30 Å². The molecule has 3 heteroatoms. The summed E-state index contributed by atoms with van der Waals surface area (Å²) >= 11 is 0. The third-order valence-electron chi connectivity index (χ3n) is 10.5. The highest BCUT2D eigenvalue weighted by Gasteiger charge is 2.27. The number of ether oxygens (including phenoxy) is 1. The summed E-state index contributed by atoms with van der Waals surface area (Å²) in [6.07, 6.45) is 2.10. The molecule has 0 unspecified atom stereocenters. The van der Waals surface area contributed by atoms with Crippen LogP contribution in [0.4, 0.5) is 0 Å². The summed E-state index contributed by atoms with van der Waals surface area (Å²) in [4.78, 5) is 0. The van der Waals surface area contributed by atoms with Crippen LogP contribution in [0.2, 0.25) is 0 Å². The molecule has 0 atom stereocenters. The van der Waals surface area contributed by atoms with E-state index in [4.69, 9.17) is 4.74 Å². The molecule has 10 rings (SSSR count). The Balaban J connectivity index is 1.27. The summed E-state index contributed by atoms with van der Waals surface area (Å²) < 4.78 is 9.02. The normalized spacial score (nSPS) is 11.5. The number of fused-ring (bicyclic) bond motifs is 7. The van der Waals surface area contributed by atoms with E-state index in [9.17, 15) is 5.26 Å². The summed E-state index contributed by atoms with van der Waals surface area (Å²) in [7, 11) is 0. The van der Waals surface area contributed by atoms with Crippen LogP contribution in [0.25, 0.3) is 83.4 Å². The minimum Gasteiger partial charge on any atom is -0.456 e. The Morgan fingerprint density at radius 3 is 1.59 bits per heavy atom. The third kappa shape index (κ3) is 5.20. The van der Waals surface area contributed by atoms with Crippen LogP contribution in [0.3, 0.4) is 0 Å². The van der Waals surface area contributed by atoms with Gasteiger partial charge in [0, 0.05) is 28.3 Å². The molecule has 0 N–H and O–H groups in total. The van der Waals surface area contributed by atoms with Crippen LogP contribution < -0.4 is 4.74 Å². The van der Waals surface area contributed by atoms with E-state index in [1.54, 1.807) is 0 Å². The average molecular weight is 689 g/mol. The lowest BCUT2D eigenvalue weighted by atomic mass is 9.85. The molecule has 1 aliphatic heterocycles. The molecule has 8 aromatic carbocycles. The molecule has 252 valence electrons. The molecule has 9 aromatic rings. The Bertz CT molecular complexity index is 2890. The number of benzene rings is 8. The maximum atomic E-state index is 10.8. The molecule has 2 heterocycles. The predicted octanol–water partition coefficient (Wildman–Crippen LogP) is 13.6. The molecule has 0 radical (unpaired) electrons. The molecule has 1 aromatic heterocycles. The van der Waals surface area contributed by atoms with Gasteiger partial charge in [0.15, 0.2) is 0 Å². The van der Waals surface area contributed by atoms with Gasteiger partial charge in [-0.3, -0.25) is 0 Å². The van der Waals surface area contributed by atoms with E-state index in [1.807, 2.05) is 48.5 Å². The monoisotopic (exact) mass is 688 g/mol. The molecule has 0 aliphatic carbocycles. The zero-order valence-electron chi connectivity index (χ0n) is 29.3. The highest BCUT2D eigenvalue weighted by atomic mass is 16.5. The van der Waals surface area contributed by atoms with Crippen LogP contribution in [0.5, 0.6) is 11.5 Å². The van der Waals surface area contributed by atoms with Gasteiger partial charge in [0.05, 0.1) is 16.8 Å². The molecule has 3 nitrogen and oxygen atoms in total. The average Bonchev–Trinajstić information content (AvgIpc) is 3.62. The predicted molar refractivity (Wildman–Crippen MR) is 221 cm³/mol. The second kappa shape index (κ2) is 13.0. The van der Waals surface area contributed by atoms with Crippen LogP contribution in [0.15, 0.2) is 194 Å². The van der Waals surface area contributed by atoms with Crippen molar-refractivity contribution in [2.24, 2.45) is 0 Å². The highest BCUT2D eigenvalue weighted by Crippen LogP contribution is 2.52. The molecule has 0 bridgehead atoms. The Hall–Kier alpha value is -7.41. The van der Waals surface area contributed by atoms with Crippen molar-refractivity contribution in [3.63, 3.8) is 0 Å². The maximum Gasteiger partial charge on any atom is 0.136 e. The van der Waals surface area contributed by atoms with E-state index in [0.29, 0.717) is 5.56 Å². The van der Waals surface area contributed by atoms with Gasteiger partial charge in [-0.1, -0.05) is 140 Å². The number of aromatic nitrogens is 1. The van der Waals surface area contributed by atoms with E-state index in [1.165, 1.54) is 0 Å². The highest BCUT2D eigenvalue weighted by molar-refractivity contribution is 6.07. The van der Waals surface area contributed by atoms with Crippen LogP contribution in [0, 0.1) is 11.3 Å². The van der Waals surface area contributed by atoms with Gasteiger partial charge in [0.25, 0.3) is 0 Å². The van der Waals surface area contributed by atoms with Gasteiger partial charge in [0.1, 0.15) is 17.6 Å². The van der Waals surface area contributed by atoms with Gasteiger partial charge in [-0.25, -0.2) is 0 Å². The van der Waals surface area contributed by atoms with Gasteiger partial charge in [-0.05, 0) is 98.6 Å². The second-order valence-electron chi connectivity index (χ2n) is 13.6. The van der Waals surface area contributed by atoms with Crippen LogP contribution in [0.1, 0.15) is 5.56 Å². The summed E-state index contributed by atoms with van der Waals surface area (Å²) in [6, 6.07) is 68.0. The molecule has 0 spiro atoms. The topological polar surface area (TPSA) is 38.0 Å². The number of para-hydroxylation sites is 1. The van der Waals surface area contributed by atoms with Crippen molar-refractivity contribution in [1.29, 1.82) is 5.26 Å². The first-order chi connectivity index (χ1) is 26.7. The van der Waals surface area contributed by atoms with Gasteiger partial charge in [-0.15, -0.1) is 0 Å². The fourth-order valence-corrected chi connectivity index (χ4v) is 8.01. The molecule has 0 saturated carbocycles. The summed E-state index contributed by atoms with van der Waals surface area (Å²) in [5.74, 6) is 1.61. The molecular weight excluding hydrogens is 657 g/mol. The standard InChI is InChI=1S/C51H32N2O/c52-33-39-29-38(34-15-5-1-6-16-34)30-44(37-21-11-4-12-22-37)51(39)53-28-27-41-47(53)25-26-49-50(41)46-32-43(36-19-9-3-10-20-36)42(35-17-7-2-8-18-35)31-45(46)40-23-13-14-24-48(40)54-49/h1-32H. The Morgan fingerprint density at radius 2 is 0.963 bits per heavy atom. The Labute approximate surface area is 314 Å². The van der Waals surface area contributed by atoms with Crippen molar-refractivity contribution in [3.8, 4) is 90.0 Å². The molecule has 54 heavy (non-hydrogen) atoms. The van der Waals surface area contributed by atoms with Crippen molar-refractivity contribution >= 4 is 10.9 Å². The zero-order chi connectivity index (χ0) is 36.0. The lowest BCUT2D eigenvalue weighted by Gasteiger charge is -2.19. The van der Waals surface area contributed by atoms with E-state index in [2.05, 4.69) is 156 Å². The molecule has 0 fully saturated rings. The van der Waals surface area contributed by atoms with Crippen molar-refractivity contribution in [3.05, 3.63) is 200 Å². The Morgan fingerprint density at radius 1 is 0.407 bits per heavy atom. The van der Waals surface area contributed by atoms with Crippen molar-refractivity contribution in [2.45, 2.75) is 0 Å². The number of nitriles is 1. The van der Waals surface area contributed by atoms with Crippen LogP contribution in [-0.2, 0) is 0 Å². The molecule has 0 saturated heterocycles. The minimum absolute atomic E-state index is 0.602. The van der Waals surface area contributed by atoms with Gasteiger partial charge >= 0.3 is 0 Å². The molecule has 0 amide bonds. The van der Waals surface area contributed by atoms with E-state index < -0.39 is 0 Å². The number of rotatable bonds is 5. The largest absolute Gasteiger partial charge is 0.456 e. The first kappa shape index (κ1) is 31.3. The number of hydrogen-bond acceptors (Lipinski definition) is 2. The first-order valence-electron chi connectivity index (χ1n) is 18.1. The number of nitrogens with zero attached hydrogens (tertiary/aromatic N) is 2.